The second-order valence-electron chi connectivity index (χ2n) is 3.02. The molecule has 0 radical (unpaired) electrons. The van der Waals surface area contributed by atoms with Crippen molar-refractivity contribution < 1.29 is 4.79 Å². The zero-order valence-corrected chi connectivity index (χ0v) is 9.51. The van der Waals surface area contributed by atoms with Crippen molar-refractivity contribution in [1.82, 2.24) is 9.97 Å². The van der Waals surface area contributed by atoms with Crippen LogP contribution >= 0.6 is 23.2 Å². The number of H-pyrrole nitrogens is 1. The number of aromatic nitrogens is 2. The van der Waals surface area contributed by atoms with Crippen LogP contribution in [0.1, 0.15) is 10.6 Å². The zero-order valence-electron chi connectivity index (χ0n) is 8.00. The van der Waals surface area contributed by atoms with Crippen molar-refractivity contribution in [2.24, 2.45) is 0 Å². The molecule has 0 saturated heterocycles. The van der Waals surface area contributed by atoms with Crippen LogP contribution < -0.4 is 5.32 Å². The molecular weight excluding hydrogens is 249 g/mol. The van der Waals surface area contributed by atoms with Crippen LogP contribution in [0.15, 0.2) is 30.6 Å². The van der Waals surface area contributed by atoms with Gasteiger partial charge in [-0.15, -0.1) is 0 Å². The van der Waals surface area contributed by atoms with Gasteiger partial charge in [0.1, 0.15) is 0 Å². The topological polar surface area (TPSA) is 57.8 Å². The summed E-state index contributed by atoms with van der Waals surface area (Å²) in [4.78, 5) is 18.1. The van der Waals surface area contributed by atoms with E-state index in [1.807, 2.05) is 0 Å². The van der Waals surface area contributed by atoms with Gasteiger partial charge < -0.3 is 10.3 Å². The van der Waals surface area contributed by atoms with Crippen molar-refractivity contribution in [2.75, 3.05) is 5.32 Å². The Kier molecular flexibility index (Phi) is 3.12. The number of carbonyl (C=O) groups excluding carboxylic acids is 1. The minimum absolute atomic E-state index is 0.242. The van der Waals surface area contributed by atoms with E-state index in [9.17, 15) is 4.79 Å². The number of anilines is 1. The molecule has 0 aliphatic rings. The van der Waals surface area contributed by atoms with Gasteiger partial charge in [-0.05, 0) is 18.2 Å². The number of carbonyl (C=O) groups is 1. The maximum atomic E-state index is 11.6. The van der Waals surface area contributed by atoms with Gasteiger partial charge in [-0.3, -0.25) is 4.79 Å². The molecule has 2 rings (SSSR count). The molecule has 16 heavy (non-hydrogen) atoms. The van der Waals surface area contributed by atoms with Gasteiger partial charge in [0.05, 0.1) is 10.0 Å². The van der Waals surface area contributed by atoms with Crippen LogP contribution in [0.2, 0.25) is 10.0 Å². The third-order valence-electron chi connectivity index (χ3n) is 1.89. The van der Waals surface area contributed by atoms with Crippen LogP contribution in [0.4, 0.5) is 5.69 Å². The summed E-state index contributed by atoms with van der Waals surface area (Å²) in [6.07, 6.45) is 3.08. The fourth-order valence-corrected chi connectivity index (χ4v) is 1.45. The molecule has 82 valence electrons. The average Bonchev–Trinajstić information content (AvgIpc) is 2.77. The maximum Gasteiger partial charge on any atom is 0.291 e. The van der Waals surface area contributed by atoms with Gasteiger partial charge in [0.25, 0.3) is 5.91 Å². The van der Waals surface area contributed by atoms with Crippen LogP contribution in [-0.4, -0.2) is 15.9 Å². The fourth-order valence-electron chi connectivity index (χ4n) is 1.15. The Morgan fingerprint density at radius 2 is 2.12 bits per heavy atom. The molecule has 0 saturated carbocycles. The maximum absolute atomic E-state index is 11.6. The summed E-state index contributed by atoms with van der Waals surface area (Å²) in [6, 6.07) is 4.85. The minimum atomic E-state index is -0.330. The van der Waals surface area contributed by atoms with Gasteiger partial charge >= 0.3 is 0 Å². The normalized spacial score (nSPS) is 10.1. The lowest BCUT2D eigenvalue weighted by molar-refractivity contribution is 0.101. The quantitative estimate of drug-likeness (QED) is 0.867. The lowest BCUT2D eigenvalue weighted by atomic mass is 10.3. The first-order valence-corrected chi connectivity index (χ1v) is 5.18. The first-order chi connectivity index (χ1) is 7.66. The van der Waals surface area contributed by atoms with E-state index >= 15 is 0 Å². The summed E-state index contributed by atoms with van der Waals surface area (Å²) in [5, 5.41) is 3.47. The molecule has 0 spiro atoms. The van der Waals surface area contributed by atoms with E-state index < -0.39 is 0 Å². The van der Waals surface area contributed by atoms with Crippen molar-refractivity contribution in [3.8, 4) is 0 Å². The highest BCUT2D eigenvalue weighted by atomic mass is 35.5. The molecule has 0 unspecified atom stereocenters. The summed E-state index contributed by atoms with van der Waals surface area (Å²) in [6.45, 7) is 0. The Balaban J connectivity index is 2.15. The lowest BCUT2D eigenvalue weighted by Crippen LogP contribution is -2.13. The predicted octanol–water partition coefficient (Wildman–Crippen LogP) is 2.97. The fraction of sp³-hybridized carbons (Fsp3) is 0. The molecule has 6 heteroatoms. The van der Waals surface area contributed by atoms with Gasteiger partial charge in [-0.2, -0.15) is 0 Å². The van der Waals surface area contributed by atoms with Crippen molar-refractivity contribution in [3.63, 3.8) is 0 Å². The van der Waals surface area contributed by atoms with E-state index in [2.05, 4.69) is 15.3 Å². The largest absolute Gasteiger partial charge is 0.341 e. The van der Waals surface area contributed by atoms with E-state index in [1.165, 1.54) is 6.20 Å². The average molecular weight is 256 g/mol. The van der Waals surface area contributed by atoms with E-state index in [0.29, 0.717) is 15.7 Å². The Morgan fingerprint density at radius 3 is 2.75 bits per heavy atom. The highest BCUT2D eigenvalue weighted by Gasteiger charge is 2.08. The van der Waals surface area contributed by atoms with E-state index in [1.54, 1.807) is 24.4 Å². The molecule has 0 bridgehead atoms. The van der Waals surface area contributed by atoms with Crippen molar-refractivity contribution in [3.05, 3.63) is 46.5 Å². The molecule has 2 aromatic rings. The van der Waals surface area contributed by atoms with Gasteiger partial charge in [-0.25, -0.2) is 4.98 Å². The Hall–Kier alpha value is -1.52. The first kappa shape index (κ1) is 11.0. The van der Waals surface area contributed by atoms with E-state index in [4.69, 9.17) is 23.2 Å². The number of rotatable bonds is 2. The number of benzene rings is 1. The second-order valence-corrected chi connectivity index (χ2v) is 3.84. The monoisotopic (exact) mass is 255 g/mol. The van der Waals surface area contributed by atoms with Gasteiger partial charge in [0.2, 0.25) is 0 Å². The van der Waals surface area contributed by atoms with Crippen molar-refractivity contribution in [2.45, 2.75) is 0 Å². The molecule has 0 aliphatic heterocycles. The number of aromatic amines is 1. The molecular formula is C10H7Cl2N3O. The molecule has 1 amide bonds. The number of hydrogen-bond donors (Lipinski definition) is 2. The SMILES string of the molecule is O=C(Nc1ccc(Cl)c(Cl)c1)c1ncc[nH]1. The second kappa shape index (κ2) is 4.55. The summed E-state index contributed by atoms with van der Waals surface area (Å²) in [5.74, 6) is -0.0885. The van der Waals surface area contributed by atoms with E-state index in [-0.39, 0.29) is 11.7 Å². The molecule has 1 aromatic heterocycles. The summed E-state index contributed by atoms with van der Waals surface area (Å²) >= 11 is 11.6. The highest BCUT2D eigenvalue weighted by molar-refractivity contribution is 6.42. The molecule has 0 atom stereocenters. The number of halogens is 2. The standard InChI is InChI=1S/C10H7Cl2N3O/c11-7-2-1-6(5-8(7)12)15-10(16)9-13-3-4-14-9/h1-5H,(H,13,14)(H,15,16). The Labute approximate surface area is 102 Å². The number of nitrogens with one attached hydrogen (secondary N) is 2. The van der Waals surface area contributed by atoms with Crippen LogP contribution in [0.5, 0.6) is 0 Å². The predicted molar refractivity (Wildman–Crippen MR) is 63.0 cm³/mol. The van der Waals surface area contributed by atoms with Crippen molar-refractivity contribution >= 4 is 34.8 Å². The molecule has 0 aliphatic carbocycles. The molecule has 1 heterocycles. The Bertz CT molecular complexity index is 511. The Morgan fingerprint density at radius 1 is 1.31 bits per heavy atom. The van der Waals surface area contributed by atoms with Crippen LogP contribution in [0.3, 0.4) is 0 Å². The zero-order chi connectivity index (χ0) is 11.5. The molecule has 2 N–H and O–H groups in total. The highest BCUT2D eigenvalue weighted by Crippen LogP contribution is 2.25. The number of hydrogen-bond acceptors (Lipinski definition) is 2. The number of nitrogens with zero attached hydrogens (tertiary/aromatic N) is 1. The summed E-state index contributed by atoms with van der Waals surface area (Å²) < 4.78 is 0. The van der Waals surface area contributed by atoms with E-state index in [0.717, 1.165) is 0 Å². The molecule has 1 aromatic carbocycles. The van der Waals surface area contributed by atoms with Crippen LogP contribution in [-0.2, 0) is 0 Å². The lowest BCUT2D eigenvalue weighted by Gasteiger charge is -2.04. The van der Waals surface area contributed by atoms with Crippen molar-refractivity contribution in [1.29, 1.82) is 0 Å². The summed E-state index contributed by atoms with van der Waals surface area (Å²) in [7, 11) is 0. The van der Waals surface area contributed by atoms with Crippen LogP contribution in [0.25, 0.3) is 0 Å². The number of imidazole rings is 1. The van der Waals surface area contributed by atoms with Gasteiger partial charge in [0.15, 0.2) is 5.82 Å². The van der Waals surface area contributed by atoms with Gasteiger partial charge in [-0.1, -0.05) is 23.2 Å². The summed E-state index contributed by atoms with van der Waals surface area (Å²) in [5.41, 5.74) is 0.566. The van der Waals surface area contributed by atoms with Crippen LogP contribution in [0, 0.1) is 0 Å². The molecule has 4 nitrogen and oxygen atoms in total. The smallest absolute Gasteiger partial charge is 0.291 e. The third-order valence-corrected chi connectivity index (χ3v) is 2.63. The first-order valence-electron chi connectivity index (χ1n) is 4.42. The number of amides is 1. The van der Waals surface area contributed by atoms with Gasteiger partial charge in [0, 0.05) is 18.1 Å². The third kappa shape index (κ3) is 2.35. The molecule has 0 fully saturated rings. The minimum Gasteiger partial charge on any atom is -0.341 e.